The second-order valence-corrected chi connectivity index (χ2v) is 7.59. The molecule has 0 aliphatic rings. The predicted octanol–water partition coefficient (Wildman–Crippen LogP) is 2.58. The van der Waals surface area contributed by atoms with Gasteiger partial charge in [-0.05, 0) is 12.5 Å². The maximum absolute atomic E-state index is 12.4. The maximum Gasteiger partial charge on any atom is 0.231 e. The number of hydrogen-bond acceptors (Lipinski definition) is 6. The van der Waals surface area contributed by atoms with Gasteiger partial charge in [-0.25, -0.2) is 4.98 Å². The highest BCUT2D eigenvalue weighted by Crippen LogP contribution is 2.23. The molecular formula is C16H17N5OS2. The Balaban J connectivity index is 1.72. The van der Waals surface area contributed by atoms with Crippen LogP contribution >= 0.6 is 23.1 Å². The zero-order chi connectivity index (χ0) is 16.9. The molecular weight excluding hydrogens is 342 g/mol. The molecule has 2 heterocycles. The van der Waals surface area contributed by atoms with Crippen LogP contribution in [0.1, 0.15) is 22.4 Å². The summed E-state index contributed by atoms with van der Waals surface area (Å²) in [6.45, 7) is 1.90. The van der Waals surface area contributed by atoms with Crippen molar-refractivity contribution in [2.24, 2.45) is 7.05 Å². The van der Waals surface area contributed by atoms with E-state index in [4.69, 9.17) is 0 Å². The lowest BCUT2D eigenvalue weighted by Crippen LogP contribution is -2.32. The fraction of sp³-hybridized carbons (Fsp3) is 0.250. The minimum absolute atomic E-state index is 0.0651. The third-order valence-electron chi connectivity index (χ3n) is 3.39. The molecule has 0 saturated heterocycles. The Bertz CT molecular complexity index is 815. The van der Waals surface area contributed by atoms with Gasteiger partial charge in [-0.2, -0.15) is 0 Å². The SMILES string of the molecule is Cc1nnc(SCC(=O)N[C@@H](c2ccccc2)c2nccn2C)s1. The van der Waals surface area contributed by atoms with Gasteiger partial charge in [0, 0.05) is 19.4 Å². The average molecular weight is 359 g/mol. The van der Waals surface area contributed by atoms with Crippen molar-refractivity contribution in [1.82, 2.24) is 25.1 Å². The molecule has 8 heteroatoms. The number of imidazole rings is 1. The van der Waals surface area contributed by atoms with Crippen molar-refractivity contribution < 1.29 is 4.79 Å². The summed E-state index contributed by atoms with van der Waals surface area (Å²) in [6, 6.07) is 9.55. The Hall–Kier alpha value is -2.19. The van der Waals surface area contributed by atoms with Gasteiger partial charge >= 0.3 is 0 Å². The van der Waals surface area contributed by atoms with Crippen LogP contribution < -0.4 is 5.32 Å². The molecule has 0 radical (unpaired) electrons. The number of nitrogens with one attached hydrogen (secondary N) is 1. The predicted molar refractivity (Wildman–Crippen MR) is 95.0 cm³/mol. The van der Waals surface area contributed by atoms with E-state index in [1.807, 2.05) is 55.1 Å². The fourth-order valence-corrected chi connectivity index (χ4v) is 3.89. The standard InChI is InChI=1S/C16H17N5OS2/c1-11-19-20-16(24-11)23-10-13(22)18-14(12-6-4-3-5-7-12)15-17-8-9-21(15)2/h3-9,14H,10H2,1-2H3,(H,18,22)/t14-/m0/s1. The fourth-order valence-electron chi connectivity index (χ4n) is 2.26. The molecule has 6 nitrogen and oxygen atoms in total. The Kier molecular flexibility index (Phi) is 5.27. The first-order valence-corrected chi connectivity index (χ1v) is 9.18. The first-order valence-electron chi connectivity index (χ1n) is 7.38. The van der Waals surface area contributed by atoms with E-state index in [0.717, 1.165) is 20.7 Å². The van der Waals surface area contributed by atoms with E-state index in [0.29, 0.717) is 5.75 Å². The first kappa shape index (κ1) is 16.7. The lowest BCUT2D eigenvalue weighted by molar-refractivity contribution is -0.119. The number of thioether (sulfide) groups is 1. The van der Waals surface area contributed by atoms with Gasteiger partial charge in [0.05, 0.1) is 5.75 Å². The van der Waals surface area contributed by atoms with E-state index < -0.39 is 0 Å². The van der Waals surface area contributed by atoms with Crippen LogP contribution in [0.25, 0.3) is 0 Å². The number of hydrogen-bond donors (Lipinski definition) is 1. The summed E-state index contributed by atoms with van der Waals surface area (Å²) >= 11 is 2.88. The van der Waals surface area contributed by atoms with Crippen LogP contribution in [0.5, 0.6) is 0 Å². The molecule has 1 aromatic carbocycles. The van der Waals surface area contributed by atoms with Crippen LogP contribution in [0, 0.1) is 6.92 Å². The molecule has 24 heavy (non-hydrogen) atoms. The molecule has 3 rings (SSSR count). The lowest BCUT2D eigenvalue weighted by Gasteiger charge is -2.19. The molecule has 124 valence electrons. The summed E-state index contributed by atoms with van der Waals surface area (Å²) in [6.07, 6.45) is 3.60. The van der Waals surface area contributed by atoms with Gasteiger partial charge in [0.2, 0.25) is 5.91 Å². The van der Waals surface area contributed by atoms with E-state index in [1.165, 1.54) is 23.1 Å². The summed E-state index contributed by atoms with van der Waals surface area (Å²) in [5.74, 6) is 1.03. The molecule has 0 unspecified atom stereocenters. The summed E-state index contributed by atoms with van der Waals surface area (Å²) < 4.78 is 2.72. The summed E-state index contributed by atoms with van der Waals surface area (Å²) in [5.41, 5.74) is 0.997. The maximum atomic E-state index is 12.4. The van der Waals surface area contributed by atoms with Crippen molar-refractivity contribution in [3.8, 4) is 0 Å². The van der Waals surface area contributed by atoms with E-state index in [1.54, 1.807) is 6.20 Å². The molecule has 0 aliphatic carbocycles. The van der Waals surface area contributed by atoms with Gasteiger partial charge in [-0.1, -0.05) is 53.4 Å². The van der Waals surface area contributed by atoms with Crippen molar-refractivity contribution >= 4 is 29.0 Å². The van der Waals surface area contributed by atoms with Crippen LogP contribution in [-0.2, 0) is 11.8 Å². The number of aromatic nitrogens is 4. The van der Waals surface area contributed by atoms with Crippen LogP contribution in [-0.4, -0.2) is 31.4 Å². The number of benzene rings is 1. The van der Waals surface area contributed by atoms with Crippen LogP contribution in [0.2, 0.25) is 0 Å². The average Bonchev–Trinajstić information content (AvgIpc) is 3.20. The van der Waals surface area contributed by atoms with Crippen LogP contribution in [0.4, 0.5) is 0 Å². The second kappa shape index (κ2) is 7.59. The van der Waals surface area contributed by atoms with Gasteiger partial charge < -0.3 is 9.88 Å². The number of carbonyl (C=O) groups is 1. The third kappa shape index (κ3) is 4.01. The molecule has 0 spiro atoms. The molecule has 1 atom stereocenters. The molecule has 1 amide bonds. The van der Waals surface area contributed by atoms with Gasteiger partial charge in [0.25, 0.3) is 0 Å². The Morgan fingerprint density at radius 2 is 2.12 bits per heavy atom. The highest BCUT2D eigenvalue weighted by Gasteiger charge is 2.20. The minimum atomic E-state index is -0.282. The third-order valence-corrected chi connectivity index (χ3v) is 5.36. The van der Waals surface area contributed by atoms with Crippen LogP contribution in [0.15, 0.2) is 47.1 Å². The van der Waals surface area contributed by atoms with E-state index in [2.05, 4.69) is 20.5 Å². The van der Waals surface area contributed by atoms with Crippen molar-refractivity contribution in [2.75, 3.05) is 5.75 Å². The molecule has 0 bridgehead atoms. The first-order chi connectivity index (χ1) is 11.6. The Morgan fingerprint density at radius 3 is 2.75 bits per heavy atom. The van der Waals surface area contributed by atoms with Gasteiger partial charge in [-0.15, -0.1) is 10.2 Å². The van der Waals surface area contributed by atoms with Gasteiger partial charge in [0.15, 0.2) is 4.34 Å². The van der Waals surface area contributed by atoms with Crippen molar-refractivity contribution in [3.05, 3.63) is 59.1 Å². The van der Waals surface area contributed by atoms with Gasteiger partial charge in [0.1, 0.15) is 16.9 Å². The topological polar surface area (TPSA) is 72.7 Å². The second-order valence-electron chi connectivity index (χ2n) is 5.18. The quantitative estimate of drug-likeness (QED) is 0.685. The minimum Gasteiger partial charge on any atom is -0.341 e. The number of amides is 1. The molecule has 0 fully saturated rings. The van der Waals surface area contributed by atoms with Gasteiger partial charge in [-0.3, -0.25) is 4.79 Å². The summed E-state index contributed by atoms with van der Waals surface area (Å²) in [4.78, 5) is 16.8. The van der Waals surface area contributed by atoms with Crippen molar-refractivity contribution in [3.63, 3.8) is 0 Å². The number of nitrogens with zero attached hydrogens (tertiary/aromatic N) is 4. The van der Waals surface area contributed by atoms with Crippen LogP contribution in [0.3, 0.4) is 0 Å². The highest BCUT2D eigenvalue weighted by molar-refractivity contribution is 8.01. The van der Waals surface area contributed by atoms with Crippen molar-refractivity contribution in [2.45, 2.75) is 17.3 Å². The zero-order valence-electron chi connectivity index (χ0n) is 13.3. The lowest BCUT2D eigenvalue weighted by atomic mass is 10.1. The zero-order valence-corrected chi connectivity index (χ0v) is 15.0. The largest absolute Gasteiger partial charge is 0.341 e. The van der Waals surface area contributed by atoms with E-state index >= 15 is 0 Å². The molecule has 0 saturated carbocycles. The number of aryl methyl sites for hydroxylation is 2. The molecule has 3 aromatic rings. The van der Waals surface area contributed by atoms with Crippen molar-refractivity contribution in [1.29, 1.82) is 0 Å². The molecule has 1 N–H and O–H groups in total. The summed E-state index contributed by atoms with van der Waals surface area (Å²) in [7, 11) is 1.92. The monoisotopic (exact) mass is 359 g/mol. The highest BCUT2D eigenvalue weighted by atomic mass is 32.2. The van der Waals surface area contributed by atoms with E-state index in [-0.39, 0.29) is 11.9 Å². The van der Waals surface area contributed by atoms with E-state index in [9.17, 15) is 4.79 Å². The summed E-state index contributed by atoms with van der Waals surface area (Å²) in [5, 5.41) is 11.9. The molecule has 0 aliphatic heterocycles. The Labute approximate surface area is 148 Å². The number of rotatable bonds is 6. The smallest absolute Gasteiger partial charge is 0.231 e. The Morgan fingerprint density at radius 1 is 1.33 bits per heavy atom. The molecule has 2 aromatic heterocycles. The normalized spacial score (nSPS) is 12.1. The number of carbonyl (C=O) groups excluding carboxylic acids is 1.